The monoisotopic (exact) mass is 280 g/mol. The lowest BCUT2D eigenvalue weighted by molar-refractivity contribution is 0.0104. The van der Waals surface area contributed by atoms with Crippen LogP contribution in [-0.4, -0.2) is 42.1 Å². The Kier molecular flexibility index (Phi) is 7.97. The Labute approximate surface area is 126 Å². The molecule has 2 nitrogen and oxygen atoms in total. The van der Waals surface area contributed by atoms with Crippen molar-refractivity contribution in [1.82, 2.24) is 9.80 Å². The van der Waals surface area contributed by atoms with Gasteiger partial charge >= 0.3 is 0 Å². The van der Waals surface area contributed by atoms with Crippen LogP contribution in [0.15, 0.2) is 0 Å². The van der Waals surface area contributed by atoms with E-state index in [9.17, 15) is 0 Å². The molecule has 0 N–H and O–H groups in total. The Hall–Kier alpha value is -0.0800. The molecule has 2 rings (SSSR count). The molecule has 2 aliphatic heterocycles. The van der Waals surface area contributed by atoms with Crippen molar-refractivity contribution in [1.29, 1.82) is 0 Å². The van der Waals surface area contributed by atoms with E-state index in [1.54, 1.807) is 0 Å². The molecule has 2 fully saturated rings. The number of nitrogens with zero attached hydrogens (tertiary/aromatic N) is 2. The van der Waals surface area contributed by atoms with Gasteiger partial charge in [-0.2, -0.15) is 0 Å². The van der Waals surface area contributed by atoms with Crippen LogP contribution in [0.25, 0.3) is 0 Å². The Balaban J connectivity index is 1.78. The summed E-state index contributed by atoms with van der Waals surface area (Å²) in [5, 5.41) is 0. The molecule has 0 saturated carbocycles. The highest BCUT2D eigenvalue weighted by molar-refractivity contribution is 4.78. The van der Waals surface area contributed by atoms with Crippen LogP contribution in [0.3, 0.4) is 0 Å². The van der Waals surface area contributed by atoms with E-state index in [-0.39, 0.29) is 0 Å². The SMILES string of the molecule is CCCCCCCC(N1CCCCC1)N1CCCCC1. The molecule has 0 bridgehead atoms. The zero-order chi connectivity index (χ0) is 14.0. The van der Waals surface area contributed by atoms with Crippen LogP contribution in [-0.2, 0) is 0 Å². The minimum Gasteiger partial charge on any atom is -0.288 e. The summed E-state index contributed by atoms with van der Waals surface area (Å²) in [6.07, 6.45) is 18.0. The third-order valence-corrected chi connectivity index (χ3v) is 5.19. The molecule has 0 spiro atoms. The highest BCUT2D eigenvalue weighted by Crippen LogP contribution is 2.23. The summed E-state index contributed by atoms with van der Waals surface area (Å²) < 4.78 is 0. The molecule has 0 aromatic rings. The van der Waals surface area contributed by atoms with Crippen molar-refractivity contribution in [3.05, 3.63) is 0 Å². The minimum atomic E-state index is 0.775. The molecule has 0 radical (unpaired) electrons. The molecule has 0 aliphatic carbocycles. The summed E-state index contributed by atoms with van der Waals surface area (Å²) in [7, 11) is 0. The predicted molar refractivity (Wildman–Crippen MR) is 88.0 cm³/mol. The standard InChI is InChI=1S/C18H36N2/c1-2-3-4-5-8-13-18(19-14-9-6-10-15-19)20-16-11-7-12-17-20/h18H,2-17H2,1H3. The van der Waals surface area contributed by atoms with Crippen molar-refractivity contribution >= 4 is 0 Å². The lowest BCUT2D eigenvalue weighted by Crippen LogP contribution is -2.51. The van der Waals surface area contributed by atoms with Gasteiger partial charge in [0.25, 0.3) is 0 Å². The van der Waals surface area contributed by atoms with Gasteiger partial charge in [-0.1, -0.05) is 51.9 Å². The maximum Gasteiger partial charge on any atom is 0.0622 e. The predicted octanol–water partition coefficient (Wildman–Crippen LogP) is 4.64. The van der Waals surface area contributed by atoms with Gasteiger partial charge in [0.1, 0.15) is 0 Å². The van der Waals surface area contributed by atoms with Gasteiger partial charge < -0.3 is 0 Å². The summed E-state index contributed by atoms with van der Waals surface area (Å²) in [4.78, 5) is 5.63. The van der Waals surface area contributed by atoms with Crippen LogP contribution >= 0.6 is 0 Å². The molecule has 118 valence electrons. The van der Waals surface area contributed by atoms with E-state index in [2.05, 4.69) is 16.7 Å². The fraction of sp³-hybridized carbons (Fsp3) is 1.00. The van der Waals surface area contributed by atoms with Gasteiger partial charge in [-0.15, -0.1) is 0 Å². The molecule has 2 aliphatic rings. The highest BCUT2D eigenvalue weighted by atomic mass is 15.4. The molecule has 0 atom stereocenters. The number of likely N-dealkylation sites (tertiary alicyclic amines) is 2. The van der Waals surface area contributed by atoms with Crippen molar-refractivity contribution in [2.45, 2.75) is 90.1 Å². The van der Waals surface area contributed by atoms with Gasteiger partial charge in [0.2, 0.25) is 0 Å². The zero-order valence-electron chi connectivity index (χ0n) is 13.8. The van der Waals surface area contributed by atoms with Gasteiger partial charge in [-0.05, 0) is 58.3 Å². The first kappa shape index (κ1) is 16.3. The second-order valence-electron chi connectivity index (χ2n) is 6.88. The molecule has 0 unspecified atom stereocenters. The van der Waals surface area contributed by atoms with Crippen LogP contribution < -0.4 is 0 Å². The first-order valence-electron chi connectivity index (χ1n) is 9.40. The number of piperidine rings is 2. The molecule has 2 saturated heterocycles. The smallest absolute Gasteiger partial charge is 0.0622 e. The number of hydrogen-bond donors (Lipinski definition) is 0. The Morgan fingerprint density at radius 3 is 1.65 bits per heavy atom. The van der Waals surface area contributed by atoms with E-state index in [4.69, 9.17) is 0 Å². The van der Waals surface area contributed by atoms with Crippen LogP contribution in [0.1, 0.15) is 84.0 Å². The van der Waals surface area contributed by atoms with Crippen molar-refractivity contribution < 1.29 is 0 Å². The number of rotatable bonds is 8. The molecule has 0 aromatic heterocycles. The molecule has 0 amide bonds. The van der Waals surface area contributed by atoms with Gasteiger partial charge in [0.05, 0.1) is 6.17 Å². The van der Waals surface area contributed by atoms with Crippen LogP contribution in [0.2, 0.25) is 0 Å². The van der Waals surface area contributed by atoms with Gasteiger partial charge in [0.15, 0.2) is 0 Å². The average molecular weight is 280 g/mol. The number of hydrogen-bond acceptors (Lipinski definition) is 2. The summed E-state index contributed by atoms with van der Waals surface area (Å²) in [6.45, 7) is 7.74. The van der Waals surface area contributed by atoms with Gasteiger partial charge in [-0.3, -0.25) is 9.80 Å². The van der Waals surface area contributed by atoms with Crippen LogP contribution in [0.4, 0.5) is 0 Å². The Morgan fingerprint density at radius 2 is 1.15 bits per heavy atom. The second kappa shape index (κ2) is 9.78. The average Bonchev–Trinajstić information content (AvgIpc) is 2.53. The third kappa shape index (κ3) is 5.37. The summed E-state index contributed by atoms with van der Waals surface area (Å²) in [5.74, 6) is 0. The quantitative estimate of drug-likeness (QED) is 0.597. The Bertz CT molecular complexity index is 212. The second-order valence-corrected chi connectivity index (χ2v) is 6.88. The third-order valence-electron chi connectivity index (χ3n) is 5.19. The molecule has 20 heavy (non-hydrogen) atoms. The largest absolute Gasteiger partial charge is 0.288 e. The van der Waals surface area contributed by atoms with E-state index < -0.39 is 0 Å². The van der Waals surface area contributed by atoms with Crippen molar-refractivity contribution in [3.63, 3.8) is 0 Å². The lowest BCUT2D eigenvalue weighted by Gasteiger charge is -2.43. The molecular weight excluding hydrogens is 244 g/mol. The molecule has 2 heterocycles. The first-order valence-corrected chi connectivity index (χ1v) is 9.40. The number of unbranched alkanes of at least 4 members (excludes halogenated alkanes) is 4. The van der Waals surface area contributed by atoms with E-state index in [0.717, 1.165) is 6.17 Å². The van der Waals surface area contributed by atoms with Crippen molar-refractivity contribution in [3.8, 4) is 0 Å². The van der Waals surface area contributed by atoms with Crippen LogP contribution in [0, 0.1) is 0 Å². The van der Waals surface area contributed by atoms with Crippen LogP contribution in [0.5, 0.6) is 0 Å². The summed E-state index contributed by atoms with van der Waals surface area (Å²) >= 11 is 0. The zero-order valence-corrected chi connectivity index (χ0v) is 13.8. The highest BCUT2D eigenvalue weighted by Gasteiger charge is 2.26. The maximum atomic E-state index is 2.81. The van der Waals surface area contributed by atoms with E-state index >= 15 is 0 Å². The topological polar surface area (TPSA) is 6.48 Å². The summed E-state index contributed by atoms with van der Waals surface area (Å²) in [6, 6.07) is 0. The van der Waals surface area contributed by atoms with Gasteiger partial charge in [0, 0.05) is 0 Å². The first-order chi connectivity index (χ1) is 9.92. The Morgan fingerprint density at radius 1 is 0.650 bits per heavy atom. The van der Waals surface area contributed by atoms with Crippen molar-refractivity contribution in [2.24, 2.45) is 0 Å². The minimum absolute atomic E-state index is 0.775. The molecular formula is C18H36N2. The normalized spacial score (nSPS) is 22.5. The fourth-order valence-electron chi connectivity index (χ4n) is 3.96. The maximum absolute atomic E-state index is 2.81. The molecule has 2 heteroatoms. The van der Waals surface area contributed by atoms with Gasteiger partial charge in [-0.25, -0.2) is 0 Å². The lowest BCUT2D eigenvalue weighted by atomic mass is 10.0. The van der Waals surface area contributed by atoms with E-state index in [1.165, 1.54) is 103 Å². The van der Waals surface area contributed by atoms with E-state index in [0.29, 0.717) is 0 Å². The van der Waals surface area contributed by atoms with E-state index in [1.807, 2.05) is 0 Å². The molecule has 0 aromatic carbocycles. The summed E-state index contributed by atoms with van der Waals surface area (Å²) in [5.41, 5.74) is 0. The van der Waals surface area contributed by atoms with Crippen molar-refractivity contribution in [2.75, 3.05) is 26.2 Å². The fourth-order valence-corrected chi connectivity index (χ4v) is 3.96.